The van der Waals surface area contributed by atoms with Crippen molar-refractivity contribution < 1.29 is 9.15 Å². The number of ether oxygens (including phenoxy) is 1. The van der Waals surface area contributed by atoms with E-state index in [1.165, 1.54) is 0 Å². The Hall–Kier alpha value is -1.27. The zero-order chi connectivity index (χ0) is 13.1. The van der Waals surface area contributed by atoms with Gasteiger partial charge in [-0.3, -0.25) is 0 Å². The Balaban J connectivity index is 2.22. The molecule has 1 aromatic carbocycles. The molecule has 1 N–H and O–H groups in total. The van der Waals surface area contributed by atoms with Gasteiger partial charge < -0.3 is 14.5 Å². The minimum atomic E-state index is -0.318. The number of alkyl halides is 1. The van der Waals surface area contributed by atoms with Crippen molar-refractivity contribution in [3.63, 3.8) is 0 Å². The molecule has 0 aliphatic carbocycles. The molecule has 0 aliphatic heterocycles. The van der Waals surface area contributed by atoms with Crippen LogP contribution in [0.25, 0.3) is 0 Å². The molecule has 7 heteroatoms. The first-order valence-corrected chi connectivity index (χ1v) is 6.41. The average Bonchev–Trinajstić information content (AvgIpc) is 2.81. The molecule has 0 amide bonds. The second-order valence-corrected chi connectivity index (χ2v) is 5.04. The molecule has 1 heterocycles. The Morgan fingerprint density at radius 1 is 1.44 bits per heavy atom. The number of nitrogens with zero attached hydrogens (tertiary/aromatic N) is 2. The summed E-state index contributed by atoms with van der Waals surface area (Å²) in [5.74, 6) is 1.10. The smallest absolute Gasteiger partial charge is 0.320 e. The maximum atomic E-state index is 5.85. The summed E-state index contributed by atoms with van der Waals surface area (Å²) in [6.07, 6.45) is 0. The second kappa shape index (κ2) is 5.58. The van der Waals surface area contributed by atoms with Gasteiger partial charge in [0.2, 0.25) is 5.89 Å². The third-order valence-electron chi connectivity index (χ3n) is 2.20. The van der Waals surface area contributed by atoms with Crippen molar-refractivity contribution in [2.75, 3.05) is 12.4 Å². The minimum Gasteiger partial charge on any atom is -0.497 e. The van der Waals surface area contributed by atoms with E-state index in [1.807, 2.05) is 18.2 Å². The van der Waals surface area contributed by atoms with E-state index in [0.717, 1.165) is 15.9 Å². The lowest BCUT2D eigenvalue weighted by atomic mass is 10.3. The van der Waals surface area contributed by atoms with Crippen LogP contribution in [-0.4, -0.2) is 17.3 Å². The largest absolute Gasteiger partial charge is 0.497 e. The molecule has 0 saturated carbocycles. The number of rotatable bonds is 4. The zero-order valence-corrected chi connectivity index (χ0v) is 12.1. The monoisotopic (exact) mass is 331 g/mol. The number of hydrogen-bond donors (Lipinski definition) is 1. The molecule has 1 aromatic heterocycles. The van der Waals surface area contributed by atoms with E-state index in [2.05, 4.69) is 31.4 Å². The maximum Gasteiger partial charge on any atom is 0.320 e. The number of anilines is 2. The van der Waals surface area contributed by atoms with E-state index in [-0.39, 0.29) is 11.4 Å². The summed E-state index contributed by atoms with van der Waals surface area (Å²) < 4.78 is 11.4. The molecule has 0 saturated heterocycles. The molecule has 2 aromatic rings. The quantitative estimate of drug-likeness (QED) is 0.861. The molecule has 5 nitrogen and oxygen atoms in total. The number of halogens is 2. The Morgan fingerprint density at radius 2 is 2.22 bits per heavy atom. The van der Waals surface area contributed by atoms with Crippen molar-refractivity contribution >= 4 is 39.2 Å². The van der Waals surface area contributed by atoms with E-state index in [1.54, 1.807) is 14.0 Å². The van der Waals surface area contributed by atoms with Gasteiger partial charge in [-0.15, -0.1) is 16.7 Å². The highest BCUT2D eigenvalue weighted by molar-refractivity contribution is 9.10. The molecular formula is C11H11BrClN3O2. The minimum absolute atomic E-state index is 0.284. The molecule has 18 heavy (non-hydrogen) atoms. The van der Waals surface area contributed by atoms with E-state index < -0.39 is 0 Å². The molecule has 2 rings (SSSR count). The number of hydrogen-bond acceptors (Lipinski definition) is 5. The van der Waals surface area contributed by atoms with Crippen molar-refractivity contribution in [1.29, 1.82) is 0 Å². The molecular weight excluding hydrogens is 321 g/mol. The highest BCUT2D eigenvalue weighted by Crippen LogP contribution is 2.30. The Labute approximate surface area is 118 Å². The van der Waals surface area contributed by atoms with Crippen molar-refractivity contribution in [3.8, 4) is 5.75 Å². The van der Waals surface area contributed by atoms with Crippen LogP contribution < -0.4 is 10.1 Å². The Morgan fingerprint density at radius 3 is 2.83 bits per heavy atom. The van der Waals surface area contributed by atoms with Crippen LogP contribution >= 0.6 is 27.5 Å². The van der Waals surface area contributed by atoms with Crippen LogP contribution in [0.4, 0.5) is 11.7 Å². The van der Waals surface area contributed by atoms with Crippen LogP contribution in [0.1, 0.15) is 18.2 Å². The predicted octanol–water partition coefficient (Wildman–Crippen LogP) is 3.88. The fourth-order valence-electron chi connectivity index (χ4n) is 1.29. The summed E-state index contributed by atoms with van der Waals surface area (Å²) in [5, 5.41) is 10.4. The lowest BCUT2D eigenvalue weighted by Gasteiger charge is -2.06. The second-order valence-electron chi connectivity index (χ2n) is 3.53. The number of methoxy groups -OCH3 is 1. The van der Waals surface area contributed by atoms with E-state index in [9.17, 15) is 0 Å². The fraction of sp³-hybridized carbons (Fsp3) is 0.273. The van der Waals surface area contributed by atoms with Crippen LogP contribution in [0.5, 0.6) is 5.75 Å². The number of aromatic nitrogens is 2. The van der Waals surface area contributed by atoms with E-state index >= 15 is 0 Å². The molecule has 96 valence electrons. The third kappa shape index (κ3) is 2.94. The summed E-state index contributed by atoms with van der Waals surface area (Å²) in [7, 11) is 1.60. The van der Waals surface area contributed by atoms with Gasteiger partial charge in [-0.05, 0) is 35.0 Å². The molecule has 0 bridgehead atoms. The van der Waals surface area contributed by atoms with Gasteiger partial charge in [-0.1, -0.05) is 5.10 Å². The molecule has 0 aliphatic rings. The lowest BCUT2D eigenvalue weighted by Crippen LogP contribution is -1.93. The van der Waals surface area contributed by atoms with Crippen LogP contribution in [0.2, 0.25) is 0 Å². The van der Waals surface area contributed by atoms with Crippen molar-refractivity contribution in [3.05, 3.63) is 28.6 Å². The van der Waals surface area contributed by atoms with Gasteiger partial charge in [0, 0.05) is 10.5 Å². The molecule has 0 fully saturated rings. The SMILES string of the molecule is COc1ccc(Br)c(Nc2nnc(C(C)Cl)o2)c1. The summed E-state index contributed by atoms with van der Waals surface area (Å²) in [4.78, 5) is 0. The van der Waals surface area contributed by atoms with Crippen LogP contribution in [-0.2, 0) is 0 Å². The van der Waals surface area contributed by atoms with Crippen molar-refractivity contribution in [2.45, 2.75) is 12.3 Å². The van der Waals surface area contributed by atoms with Crippen LogP contribution in [0.15, 0.2) is 27.1 Å². The van der Waals surface area contributed by atoms with Crippen LogP contribution in [0.3, 0.4) is 0 Å². The topological polar surface area (TPSA) is 60.2 Å². The predicted molar refractivity (Wildman–Crippen MR) is 72.5 cm³/mol. The first-order valence-electron chi connectivity index (χ1n) is 5.18. The molecule has 1 unspecified atom stereocenters. The first kappa shape index (κ1) is 13.2. The summed E-state index contributed by atoms with van der Waals surface area (Å²) in [6, 6.07) is 5.81. The van der Waals surface area contributed by atoms with Gasteiger partial charge in [-0.25, -0.2) is 0 Å². The standard InChI is InChI=1S/C11H11BrClN3O2/c1-6(13)10-15-16-11(18-10)14-9-5-7(17-2)3-4-8(9)12/h3-6H,1-2H3,(H,14,16). The molecule has 1 atom stereocenters. The van der Waals surface area contributed by atoms with E-state index in [4.69, 9.17) is 20.8 Å². The Kier molecular flexibility index (Phi) is 4.08. The van der Waals surface area contributed by atoms with Gasteiger partial charge >= 0.3 is 6.01 Å². The maximum absolute atomic E-state index is 5.85. The number of nitrogens with one attached hydrogen (secondary N) is 1. The normalized spacial score (nSPS) is 12.2. The average molecular weight is 333 g/mol. The fourth-order valence-corrected chi connectivity index (χ4v) is 1.72. The first-order chi connectivity index (χ1) is 8.60. The van der Waals surface area contributed by atoms with Crippen molar-refractivity contribution in [1.82, 2.24) is 10.2 Å². The summed E-state index contributed by atoms with van der Waals surface area (Å²) >= 11 is 9.26. The highest BCUT2D eigenvalue weighted by atomic mass is 79.9. The van der Waals surface area contributed by atoms with Crippen molar-refractivity contribution in [2.24, 2.45) is 0 Å². The Bertz CT molecular complexity index is 545. The lowest BCUT2D eigenvalue weighted by molar-refractivity contribution is 0.415. The van der Waals surface area contributed by atoms with Gasteiger partial charge in [0.1, 0.15) is 11.1 Å². The van der Waals surface area contributed by atoms with Gasteiger partial charge in [0.15, 0.2) is 0 Å². The van der Waals surface area contributed by atoms with Gasteiger partial charge in [0.25, 0.3) is 0 Å². The van der Waals surface area contributed by atoms with Gasteiger partial charge in [0.05, 0.1) is 12.8 Å². The number of benzene rings is 1. The molecule has 0 radical (unpaired) electrons. The summed E-state index contributed by atoms with van der Waals surface area (Å²) in [5.41, 5.74) is 0.770. The van der Waals surface area contributed by atoms with Crippen LogP contribution in [0, 0.1) is 0 Å². The van der Waals surface area contributed by atoms with E-state index in [0.29, 0.717) is 5.89 Å². The summed E-state index contributed by atoms with van der Waals surface area (Å²) in [6.45, 7) is 1.76. The zero-order valence-electron chi connectivity index (χ0n) is 9.78. The molecule has 0 spiro atoms. The highest BCUT2D eigenvalue weighted by Gasteiger charge is 2.12. The third-order valence-corrected chi connectivity index (χ3v) is 3.07. The van der Waals surface area contributed by atoms with Gasteiger partial charge in [-0.2, -0.15) is 0 Å².